The van der Waals surface area contributed by atoms with Gasteiger partial charge in [0.15, 0.2) is 0 Å². The summed E-state index contributed by atoms with van der Waals surface area (Å²) in [7, 11) is 0. The molecule has 12 rings (SSSR count). The zero-order chi connectivity index (χ0) is 35.4. The largest absolute Gasteiger partial charge is 0.456 e. The molecule has 1 aromatic heterocycles. The molecule has 1 aliphatic heterocycles. The van der Waals surface area contributed by atoms with Gasteiger partial charge >= 0.3 is 0 Å². The van der Waals surface area contributed by atoms with E-state index in [9.17, 15) is 0 Å². The number of hydrogen-bond donors (Lipinski definition) is 0. The van der Waals surface area contributed by atoms with E-state index in [2.05, 4.69) is 187 Å². The Morgan fingerprint density at radius 3 is 1.85 bits per heavy atom. The van der Waals surface area contributed by atoms with Crippen molar-refractivity contribution in [2.45, 2.75) is 15.2 Å². The number of furan rings is 1. The molecule has 0 atom stereocenters. The lowest BCUT2D eigenvalue weighted by atomic mass is 9.59. The molecule has 1 spiro atoms. The van der Waals surface area contributed by atoms with Crippen molar-refractivity contribution in [2.75, 3.05) is 4.90 Å². The van der Waals surface area contributed by atoms with Crippen LogP contribution in [0.5, 0.6) is 0 Å². The SMILES string of the molecule is c1ccc2c(c1)Sc1ccccc1C21c2cc(N(c3ccc4ccccc4c3)c3ccc4c(c3)oc3ccccc34)ccc2-c2cccc3cccc1c23. The van der Waals surface area contributed by atoms with E-state index in [1.54, 1.807) is 0 Å². The van der Waals surface area contributed by atoms with E-state index < -0.39 is 5.41 Å². The standard InChI is InChI=1S/C51H31NOS/c1-2-12-34-29-35(24-23-32(34)11-1)52(37-26-28-40-39-15-3-6-20-46(39)53-47(40)31-37)36-25-27-38-41-16-9-13-33-14-10-19-44(50(33)41)51(45(38)30-36)42-17-4-7-21-48(42)54-49-22-8-5-18-43(49)51/h1-31H. The van der Waals surface area contributed by atoms with Crippen molar-refractivity contribution in [1.29, 1.82) is 0 Å². The van der Waals surface area contributed by atoms with Crippen LogP contribution in [0.3, 0.4) is 0 Å². The molecule has 9 aromatic carbocycles. The Morgan fingerprint density at radius 1 is 0.389 bits per heavy atom. The van der Waals surface area contributed by atoms with Gasteiger partial charge in [-0.15, -0.1) is 0 Å². The third-order valence-electron chi connectivity index (χ3n) is 11.7. The molecule has 0 bridgehead atoms. The fourth-order valence-corrected chi connectivity index (χ4v) is 10.6. The molecule has 2 aliphatic rings. The van der Waals surface area contributed by atoms with E-state index in [1.165, 1.54) is 64.7 Å². The highest BCUT2D eigenvalue weighted by Crippen LogP contribution is 2.61. The maximum atomic E-state index is 6.49. The Morgan fingerprint density at radius 2 is 1.00 bits per heavy atom. The number of nitrogens with zero attached hydrogens (tertiary/aromatic N) is 1. The Balaban J connectivity index is 1.19. The second-order valence-corrected chi connectivity index (χ2v) is 15.5. The maximum Gasteiger partial charge on any atom is 0.137 e. The van der Waals surface area contributed by atoms with Gasteiger partial charge in [0.05, 0.1) is 5.41 Å². The Labute approximate surface area is 316 Å². The molecule has 252 valence electrons. The molecular formula is C51H31NOS. The van der Waals surface area contributed by atoms with Crippen molar-refractivity contribution >= 4 is 72.3 Å². The second-order valence-electron chi connectivity index (χ2n) is 14.4. The van der Waals surface area contributed by atoms with E-state index in [-0.39, 0.29) is 0 Å². The molecule has 54 heavy (non-hydrogen) atoms. The van der Waals surface area contributed by atoms with Crippen molar-refractivity contribution in [2.24, 2.45) is 0 Å². The van der Waals surface area contributed by atoms with Crippen molar-refractivity contribution in [3.05, 3.63) is 210 Å². The van der Waals surface area contributed by atoms with Crippen LogP contribution in [-0.2, 0) is 5.41 Å². The van der Waals surface area contributed by atoms with Crippen LogP contribution in [0.2, 0.25) is 0 Å². The van der Waals surface area contributed by atoms with Crippen molar-refractivity contribution < 1.29 is 4.42 Å². The summed E-state index contributed by atoms with van der Waals surface area (Å²) in [5.74, 6) is 0. The summed E-state index contributed by atoms with van der Waals surface area (Å²) in [4.78, 5) is 5.00. The van der Waals surface area contributed by atoms with Gasteiger partial charge in [-0.3, -0.25) is 0 Å². The molecule has 0 fully saturated rings. The fourth-order valence-electron chi connectivity index (χ4n) is 9.43. The molecule has 0 unspecified atom stereocenters. The van der Waals surface area contributed by atoms with Gasteiger partial charge in [-0.2, -0.15) is 0 Å². The Kier molecular flexibility index (Phi) is 6.23. The van der Waals surface area contributed by atoms with Gasteiger partial charge in [0.2, 0.25) is 0 Å². The van der Waals surface area contributed by atoms with Crippen LogP contribution in [0.1, 0.15) is 22.3 Å². The molecule has 0 saturated carbocycles. The minimum absolute atomic E-state index is 0.532. The van der Waals surface area contributed by atoms with Gasteiger partial charge in [0.25, 0.3) is 0 Å². The molecule has 1 aliphatic carbocycles. The Hall–Kier alpha value is -6.55. The van der Waals surface area contributed by atoms with E-state index in [0.29, 0.717) is 0 Å². The first-order valence-electron chi connectivity index (χ1n) is 18.5. The highest BCUT2D eigenvalue weighted by Gasteiger charge is 2.48. The summed E-state index contributed by atoms with van der Waals surface area (Å²) in [6, 6.07) is 69.3. The first-order valence-corrected chi connectivity index (χ1v) is 19.3. The first-order chi connectivity index (χ1) is 26.8. The van der Waals surface area contributed by atoms with Crippen LogP contribution in [0, 0.1) is 0 Å². The monoisotopic (exact) mass is 705 g/mol. The minimum Gasteiger partial charge on any atom is -0.456 e. The number of rotatable bonds is 3. The lowest BCUT2D eigenvalue weighted by Crippen LogP contribution is -2.36. The van der Waals surface area contributed by atoms with Gasteiger partial charge in [0.1, 0.15) is 11.2 Å². The van der Waals surface area contributed by atoms with E-state index >= 15 is 0 Å². The summed E-state index contributed by atoms with van der Waals surface area (Å²) in [5, 5.41) is 7.27. The smallest absolute Gasteiger partial charge is 0.137 e. The van der Waals surface area contributed by atoms with E-state index in [4.69, 9.17) is 4.42 Å². The normalized spacial score (nSPS) is 13.6. The van der Waals surface area contributed by atoms with Crippen LogP contribution < -0.4 is 4.90 Å². The number of fused-ring (bicyclic) bond motifs is 12. The van der Waals surface area contributed by atoms with Gasteiger partial charge < -0.3 is 9.32 Å². The average Bonchev–Trinajstić information content (AvgIpc) is 3.60. The molecule has 0 radical (unpaired) electrons. The molecule has 3 heteroatoms. The molecule has 2 heterocycles. The van der Waals surface area contributed by atoms with Gasteiger partial charge in [0, 0.05) is 43.7 Å². The molecule has 0 saturated heterocycles. The molecule has 10 aromatic rings. The maximum absolute atomic E-state index is 6.49. The number of anilines is 3. The summed E-state index contributed by atoms with van der Waals surface area (Å²) in [5.41, 5.74) is 12.3. The lowest BCUT2D eigenvalue weighted by Gasteiger charge is -2.46. The zero-order valence-electron chi connectivity index (χ0n) is 29.2. The summed E-state index contributed by atoms with van der Waals surface area (Å²) in [6.45, 7) is 0. The van der Waals surface area contributed by atoms with E-state index in [1.807, 2.05) is 17.8 Å². The molecule has 0 N–H and O–H groups in total. The predicted molar refractivity (Wildman–Crippen MR) is 225 cm³/mol. The first kappa shape index (κ1) is 30.0. The van der Waals surface area contributed by atoms with Crippen LogP contribution >= 0.6 is 11.8 Å². The van der Waals surface area contributed by atoms with Crippen LogP contribution in [0.15, 0.2) is 202 Å². The van der Waals surface area contributed by atoms with Crippen molar-refractivity contribution in [3.8, 4) is 11.1 Å². The summed E-state index contributed by atoms with van der Waals surface area (Å²) >= 11 is 1.88. The van der Waals surface area contributed by atoms with Crippen LogP contribution in [-0.4, -0.2) is 0 Å². The van der Waals surface area contributed by atoms with Crippen molar-refractivity contribution in [3.63, 3.8) is 0 Å². The van der Waals surface area contributed by atoms with Gasteiger partial charge in [-0.1, -0.05) is 139 Å². The highest BCUT2D eigenvalue weighted by atomic mass is 32.2. The Bertz CT molecular complexity index is 3120. The van der Waals surface area contributed by atoms with Gasteiger partial charge in [-0.05, 0) is 110 Å². The zero-order valence-corrected chi connectivity index (χ0v) is 30.0. The van der Waals surface area contributed by atoms with E-state index in [0.717, 1.165) is 39.0 Å². The lowest BCUT2D eigenvalue weighted by molar-refractivity contribution is 0.669. The molecule has 2 nitrogen and oxygen atoms in total. The van der Waals surface area contributed by atoms with Crippen molar-refractivity contribution in [1.82, 2.24) is 0 Å². The minimum atomic E-state index is -0.532. The predicted octanol–water partition coefficient (Wildman–Crippen LogP) is 14.2. The topological polar surface area (TPSA) is 16.4 Å². The highest BCUT2D eigenvalue weighted by molar-refractivity contribution is 7.99. The molecule has 0 amide bonds. The average molecular weight is 706 g/mol. The van der Waals surface area contributed by atoms with Crippen LogP contribution in [0.25, 0.3) is 54.6 Å². The number of hydrogen-bond acceptors (Lipinski definition) is 3. The quantitative estimate of drug-likeness (QED) is 0.182. The molecular weight excluding hydrogens is 675 g/mol. The number of benzene rings is 9. The third-order valence-corrected chi connectivity index (χ3v) is 12.8. The second kappa shape index (κ2) is 11.2. The summed E-state index contributed by atoms with van der Waals surface area (Å²) in [6.07, 6.45) is 0. The summed E-state index contributed by atoms with van der Waals surface area (Å²) < 4.78 is 6.49. The van der Waals surface area contributed by atoms with Crippen LogP contribution in [0.4, 0.5) is 17.1 Å². The number of para-hydroxylation sites is 1. The fraction of sp³-hybridized carbons (Fsp3) is 0.0196. The third kappa shape index (κ3) is 4.07. The van der Waals surface area contributed by atoms with Gasteiger partial charge in [-0.25, -0.2) is 0 Å².